The number of benzene rings is 1. The van der Waals surface area contributed by atoms with Gasteiger partial charge < -0.3 is 10.8 Å². The number of aliphatic hydroxyl groups excluding tert-OH is 1. The molecule has 0 saturated heterocycles. The van der Waals surface area contributed by atoms with Crippen LogP contribution in [0.5, 0.6) is 0 Å². The fourth-order valence-corrected chi connectivity index (χ4v) is 1.45. The summed E-state index contributed by atoms with van der Waals surface area (Å²) in [5.41, 5.74) is 6.44. The van der Waals surface area contributed by atoms with Crippen LogP contribution in [-0.2, 0) is 6.42 Å². The second-order valence-corrected chi connectivity index (χ2v) is 3.64. The van der Waals surface area contributed by atoms with E-state index in [9.17, 15) is 0 Å². The zero-order chi connectivity index (χ0) is 9.84. The van der Waals surface area contributed by atoms with Crippen molar-refractivity contribution in [1.29, 1.82) is 0 Å². The van der Waals surface area contributed by atoms with Gasteiger partial charge in [-0.3, -0.25) is 0 Å². The maximum Gasteiger partial charge on any atom is 0.0624 e. The number of aliphatic hydroxyl groups is 1. The molecule has 1 atom stereocenters. The van der Waals surface area contributed by atoms with Gasteiger partial charge in [0.25, 0.3) is 0 Å². The molecule has 0 radical (unpaired) electrons. The fraction of sp³-hybridized carbons (Fsp3) is 0.333. The third-order valence-corrected chi connectivity index (χ3v) is 2.61. The predicted octanol–water partition coefficient (Wildman–Crippen LogP) is 2.28. The normalized spacial score (nSPS) is 12.0. The van der Waals surface area contributed by atoms with E-state index in [1.807, 2.05) is 12.1 Å². The van der Waals surface area contributed by atoms with E-state index >= 15 is 0 Å². The Labute approximate surface area is 99.4 Å². The summed E-state index contributed by atoms with van der Waals surface area (Å²) in [6, 6.07) is 5.10. The third kappa shape index (κ3) is 3.64. The van der Waals surface area contributed by atoms with Crippen molar-refractivity contribution in [3.05, 3.63) is 33.8 Å². The minimum Gasteiger partial charge on any atom is -0.395 e. The zero-order valence-electron chi connectivity index (χ0n) is 7.41. The van der Waals surface area contributed by atoms with Gasteiger partial charge in [-0.2, -0.15) is 0 Å². The van der Waals surface area contributed by atoms with Gasteiger partial charge in [-0.15, -0.1) is 12.4 Å². The van der Waals surface area contributed by atoms with Crippen LogP contribution in [0.25, 0.3) is 0 Å². The number of rotatable bonds is 3. The number of hydrogen-bond donors (Lipinski definition) is 2. The summed E-state index contributed by atoms with van der Waals surface area (Å²) in [6.07, 6.45) is 0.538. The van der Waals surface area contributed by atoms with Gasteiger partial charge in [0.05, 0.1) is 16.7 Å². The van der Waals surface area contributed by atoms with Crippen LogP contribution in [0.2, 0.25) is 10.0 Å². The minimum atomic E-state index is -0.282. The Hall–Kier alpha value is 0.01000. The molecule has 1 unspecified atom stereocenters. The van der Waals surface area contributed by atoms with E-state index in [0.29, 0.717) is 16.5 Å². The molecule has 0 aliphatic heterocycles. The highest BCUT2D eigenvalue weighted by molar-refractivity contribution is 6.42. The summed E-state index contributed by atoms with van der Waals surface area (Å²) in [5, 5.41) is 9.79. The summed E-state index contributed by atoms with van der Waals surface area (Å²) < 4.78 is 0. The molecule has 2 nitrogen and oxygen atoms in total. The van der Waals surface area contributed by atoms with Crippen LogP contribution in [0.15, 0.2) is 18.2 Å². The Balaban J connectivity index is 0.00000169. The molecule has 0 aliphatic carbocycles. The predicted molar refractivity (Wildman–Crippen MR) is 62.5 cm³/mol. The molecular formula is C9H12Cl3NO. The Morgan fingerprint density at radius 1 is 1.36 bits per heavy atom. The molecule has 1 aromatic rings. The molecule has 0 fully saturated rings. The lowest BCUT2D eigenvalue weighted by Crippen LogP contribution is -2.26. The van der Waals surface area contributed by atoms with Crippen LogP contribution < -0.4 is 5.73 Å². The number of hydrogen-bond acceptors (Lipinski definition) is 2. The molecule has 0 amide bonds. The van der Waals surface area contributed by atoms with Crippen LogP contribution >= 0.6 is 35.6 Å². The van der Waals surface area contributed by atoms with Gasteiger partial charge in [0.15, 0.2) is 0 Å². The van der Waals surface area contributed by atoms with E-state index in [0.717, 1.165) is 5.56 Å². The highest BCUT2D eigenvalue weighted by Gasteiger charge is 2.07. The molecule has 5 heteroatoms. The highest BCUT2D eigenvalue weighted by atomic mass is 35.5. The lowest BCUT2D eigenvalue weighted by atomic mass is 10.1. The number of nitrogens with two attached hydrogens (primary N) is 1. The van der Waals surface area contributed by atoms with Crippen molar-refractivity contribution in [2.24, 2.45) is 5.73 Å². The maximum atomic E-state index is 8.76. The van der Waals surface area contributed by atoms with E-state index < -0.39 is 0 Å². The monoisotopic (exact) mass is 255 g/mol. The topological polar surface area (TPSA) is 46.2 Å². The second-order valence-electron chi connectivity index (χ2n) is 2.86. The largest absolute Gasteiger partial charge is 0.395 e. The first-order chi connectivity index (χ1) is 6.15. The van der Waals surface area contributed by atoms with E-state index in [2.05, 4.69) is 0 Å². The lowest BCUT2D eigenvalue weighted by Gasteiger charge is -2.09. The summed E-state index contributed by atoms with van der Waals surface area (Å²) in [4.78, 5) is 0. The second kappa shape index (κ2) is 6.49. The first-order valence-corrected chi connectivity index (χ1v) is 4.70. The first kappa shape index (κ1) is 14.0. The molecule has 0 aromatic heterocycles. The van der Waals surface area contributed by atoms with Gasteiger partial charge in [0.1, 0.15) is 0 Å². The molecular weight excluding hydrogens is 244 g/mol. The van der Waals surface area contributed by atoms with Crippen LogP contribution in [-0.4, -0.2) is 17.8 Å². The van der Waals surface area contributed by atoms with Gasteiger partial charge in [-0.1, -0.05) is 35.3 Å². The molecule has 1 rings (SSSR count). The van der Waals surface area contributed by atoms with Crippen molar-refractivity contribution in [2.45, 2.75) is 12.5 Å². The Morgan fingerprint density at radius 2 is 2.00 bits per heavy atom. The van der Waals surface area contributed by atoms with Crippen LogP contribution in [0.4, 0.5) is 0 Å². The van der Waals surface area contributed by atoms with Crippen LogP contribution in [0, 0.1) is 0 Å². The van der Waals surface area contributed by atoms with Gasteiger partial charge in [-0.05, 0) is 18.1 Å². The fourth-order valence-electron chi connectivity index (χ4n) is 1.05. The molecule has 0 spiro atoms. The maximum absolute atomic E-state index is 8.76. The smallest absolute Gasteiger partial charge is 0.0624 e. The average Bonchev–Trinajstić information content (AvgIpc) is 2.13. The molecule has 1 aromatic carbocycles. The van der Waals surface area contributed by atoms with Crippen molar-refractivity contribution in [2.75, 3.05) is 6.61 Å². The van der Waals surface area contributed by atoms with Crippen molar-refractivity contribution in [3.63, 3.8) is 0 Å². The summed E-state index contributed by atoms with van der Waals surface area (Å²) in [6.45, 7) is -0.0527. The summed E-state index contributed by atoms with van der Waals surface area (Å²) in [5.74, 6) is 0. The molecule has 14 heavy (non-hydrogen) atoms. The van der Waals surface area contributed by atoms with Crippen molar-refractivity contribution in [3.8, 4) is 0 Å². The average molecular weight is 257 g/mol. The third-order valence-electron chi connectivity index (χ3n) is 1.75. The first-order valence-electron chi connectivity index (χ1n) is 3.94. The SMILES string of the molecule is Cl.NC(CO)Cc1cccc(Cl)c1Cl. The molecule has 80 valence electrons. The standard InChI is InChI=1S/C9H11Cl2NO.ClH/c10-8-3-1-2-6(9(8)11)4-7(12)5-13;/h1-3,7,13H,4-5,12H2;1H. The van der Waals surface area contributed by atoms with E-state index in [-0.39, 0.29) is 25.1 Å². The Bertz CT molecular complexity index is 293. The van der Waals surface area contributed by atoms with Gasteiger partial charge in [0, 0.05) is 6.04 Å². The van der Waals surface area contributed by atoms with E-state index in [1.165, 1.54) is 0 Å². The summed E-state index contributed by atoms with van der Waals surface area (Å²) in [7, 11) is 0. The molecule has 0 saturated carbocycles. The molecule has 0 bridgehead atoms. The van der Waals surface area contributed by atoms with Crippen molar-refractivity contribution in [1.82, 2.24) is 0 Å². The summed E-state index contributed by atoms with van der Waals surface area (Å²) >= 11 is 11.7. The van der Waals surface area contributed by atoms with E-state index in [1.54, 1.807) is 6.07 Å². The van der Waals surface area contributed by atoms with Gasteiger partial charge in [0.2, 0.25) is 0 Å². The lowest BCUT2D eigenvalue weighted by molar-refractivity contribution is 0.265. The van der Waals surface area contributed by atoms with Gasteiger partial charge in [-0.25, -0.2) is 0 Å². The minimum absolute atomic E-state index is 0. The Morgan fingerprint density at radius 3 is 2.57 bits per heavy atom. The van der Waals surface area contributed by atoms with Crippen molar-refractivity contribution >= 4 is 35.6 Å². The van der Waals surface area contributed by atoms with E-state index in [4.69, 9.17) is 34.0 Å². The molecule has 0 aliphatic rings. The molecule has 3 N–H and O–H groups in total. The Kier molecular flexibility index (Phi) is 6.49. The highest BCUT2D eigenvalue weighted by Crippen LogP contribution is 2.26. The molecule has 0 heterocycles. The van der Waals surface area contributed by atoms with Crippen LogP contribution in [0.1, 0.15) is 5.56 Å². The van der Waals surface area contributed by atoms with Gasteiger partial charge >= 0.3 is 0 Å². The van der Waals surface area contributed by atoms with Crippen molar-refractivity contribution < 1.29 is 5.11 Å². The number of halogens is 3. The quantitative estimate of drug-likeness (QED) is 0.871. The van der Waals surface area contributed by atoms with Crippen LogP contribution in [0.3, 0.4) is 0 Å². The zero-order valence-corrected chi connectivity index (χ0v) is 9.74.